The number of thioether (sulfide) groups is 1. The van der Waals surface area contributed by atoms with Gasteiger partial charge in [-0.2, -0.15) is 0 Å². The van der Waals surface area contributed by atoms with Gasteiger partial charge in [-0.15, -0.1) is 10.2 Å². The smallest absolute Gasteiger partial charge is 0.267 e. The number of halogens is 1. The molecule has 0 amide bonds. The number of para-hydroxylation sites is 2. The lowest BCUT2D eigenvalue weighted by Gasteiger charge is -2.13. The van der Waals surface area contributed by atoms with E-state index in [1.54, 1.807) is 4.57 Å². The molecule has 0 spiro atoms. The van der Waals surface area contributed by atoms with Gasteiger partial charge in [0.05, 0.1) is 16.6 Å². The van der Waals surface area contributed by atoms with Gasteiger partial charge in [-0.25, -0.2) is 4.57 Å². The molecule has 0 aliphatic heterocycles. The fourth-order valence-corrected chi connectivity index (χ4v) is 3.98. The van der Waals surface area contributed by atoms with Crippen LogP contribution in [0.5, 0.6) is 0 Å². The van der Waals surface area contributed by atoms with Crippen molar-refractivity contribution in [2.75, 3.05) is 5.75 Å². The highest BCUT2D eigenvalue weighted by atomic mass is 79.9. The molecule has 0 saturated heterocycles. The average molecular weight is 427 g/mol. The van der Waals surface area contributed by atoms with Gasteiger partial charge >= 0.3 is 0 Å². The van der Waals surface area contributed by atoms with E-state index in [-0.39, 0.29) is 5.56 Å². The summed E-state index contributed by atoms with van der Waals surface area (Å²) in [6.07, 6.45) is 0. The van der Waals surface area contributed by atoms with E-state index in [0.717, 1.165) is 26.4 Å². The van der Waals surface area contributed by atoms with Gasteiger partial charge in [0.15, 0.2) is 5.16 Å². The van der Waals surface area contributed by atoms with Crippen LogP contribution in [-0.2, 0) is 0 Å². The Kier molecular flexibility index (Phi) is 4.42. The Morgan fingerprint density at radius 2 is 1.88 bits per heavy atom. The third-order valence-corrected chi connectivity index (χ3v) is 5.78. The van der Waals surface area contributed by atoms with Crippen molar-refractivity contribution in [3.05, 3.63) is 75.5 Å². The summed E-state index contributed by atoms with van der Waals surface area (Å²) >= 11 is 4.90. The topological polar surface area (TPSA) is 52.2 Å². The van der Waals surface area contributed by atoms with Crippen molar-refractivity contribution in [3.63, 3.8) is 0 Å². The van der Waals surface area contributed by atoms with Crippen LogP contribution in [-0.4, -0.2) is 24.9 Å². The molecular weight excluding hydrogens is 412 g/mol. The molecule has 7 heteroatoms. The molecule has 0 fully saturated rings. The molecule has 4 aromatic rings. The molecule has 2 aromatic carbocycles. The van der Waals surface area contributed by atoms with Crippen LogP contribution in [0, 0.1) is 6.92 Å². The fourth-order valence-electron chi connectivity index (χ4n) is 2.95. The Bertz CT molecular complexity index is 1210. The summed E-state index contributed by atoms with van der Waals surface area (Å²) < 4.78 is 4.44. The first-order valence-corrected chi connectivity index (χ1v) is 9.77. The molecule has 0 radical (unpaired) electrons. The van der Waals surface area contributed by atoms with Crippen LogP contribution in [0.1, 0.15) is 5.56 Å². The van der Waals surface area contributed by atoms with Crippen molar-refractivity contribution in [2.45, 2.75) is 12.1 Å². The number of aryl methyl sites for hydroxylation is 1. The van der Waals surface area contributed by atoms with E-state index < -0.39 is 0 Å². The van der Waals surface area contributed by atoms with Crippen LogP contribution < -0.4 is 5.56 Å². The van der Waals surface area contributed by atoms with Crippen molar-refractivity contribution in [2.24, 2.45) is 0 Å². The van der Waals surface area contributed by atoms with Crippen LogP contribution >= 0.6 is 27.7 Å². The Labute approximate surface area is 162 Å². The first kappa shape index (κ1) is 17.1. The Balaban J connectivity index is 2.12. The van der Waals surface area contributed by atoms with Gasteiger partial charge < -0.3 is 0 Å². The first-order chi connectivity index (χ1) is 12.6. The summed E-state index contributed by atoms with van der Waals surface area (Å²) in [5.74, 6) is 1.17. The average Bonchev–Trinajstić information content (AvgIpc) is 3.05. The van der Waals surface area contributed by atoms with E-state index in [1.807, 2.05) is 59.9 Å². The standard InChI is InChI=1S/C19H15BrN4OS/c1-12-7-3-5-9-15(12)23-17(25)14-8-4-6-10-16(14)24-18(23)21-22-19(24)26-11-13(2)20/h3-10H,2,11H2,1H3. The molecule has 0 aliphatic carbocycles. The molecule has 0 saturated carbocycles. The maximum absolute atomic E-state index is 13.2. The molecule has 0 bridgehead atoms. The van der Waals surface area contributed by atoms with Gasteiger partial charge in [-0.05, 0) is 35.2 Å². The summed E-state index contributed by atoms with van der Waals surface area (Å²) in [5.41, 5.74) is 2.50. The third kappa shape index (κ3) is 2.77. The van der Waals surface area contributed by atoms with Gasteiger partial charge in [-0.3, -0.25) is 9.20 Å². The molecule has 0 unspecified atom stereocenters. The van der Waals surface area contributed by atoms with Crippen LogP contribution in [0.25, 0.3) is 22.4 Å². The summed E-state index contributed by atoms with van der Waals surface area (Å²) in [6.45, 7) is 5.85. The highest BCUT2D eigenvalue weighted by Gasteiger charge is 2.18. The summed E-state index contributed by atoms with van der Waals surface area (Å²) in [5, 5.41) is 10.0. The molecular formula is C19H15BrN4OS. The monoisotopic (exact) mass is 426 g/mol. The minimum Gasteiger partial charge on any atom is -0.268 e. The number of hydrogen-bond acceptors (Lipinski definition) is 4. The lowest BCUT2D eigenvalue weighted by molar-refractivity contribution is 0.930. The van der Waals surface area contributed by atoms with Crippen molar-refractivity contribution in [3.8, 4) is 5.69 Å². The van der Waals surface area contributed by atoms with Gasteiger partial charge in [0.25, 0.3) is 5.56 Å². The van der Waals surface area contributed by atoms with Crippen molar-refractivity contribution in [1.82, 2.24) is 19.2 Å². The second kappa shape index (κ2) is 6.74. The maximum atomic E-state index is 13.2. The van der Waals surface area contributed by atoms with Crippen molar-refractivity contribution >= 4 is 44.4 Å². The van der Waals surface area contributed by atoms with Crippen molar-refractivity contribution in [1.29, 1.82) is 0 Å². The van der Waals surface area contributed by atoms with Gasteiger partial charge in [0, 0.05) is 5.75 Å². The van der Waals surface area contributed by atoms with E-state index in [0.29, 0.717) is 16.9 Å². The zero-order valence-corrected chi connectivity index (χ0v) is 16.4. The van der Waals surface area contributed by atoms with Crippen LogP contribution in [0.15, 0.2) is 69.5 Å². The van der Waals surface area contributed by atoms with E-state index >= 15 is 0 Å². The molecule has 26 heavy (non-hydrogen) atoms. The number of rotatable bonds is 4. The quantitative estimate of drug-likeness (QED) is 0.455. The lowest BCUT2D eigenvalue weighted by atomic mass is 10.2. The minimum atomic E-state index is -0.101. The molecule has 5 nitrogen and oxygen atoms in total. The van der Waals surface area contributed by atoms with E-state index in [9.17, 15) is 4.79 Å². The number of hydrogen-bond donors (Lipinski definition) is 0. The maximum Gasteiger partial charge on any atom is 0.267 e. The molecule has 0 N–H and O–H groups in total. The third-order valence-electron chi connectivity index (χ3n) is 4.11. The summed E-state index contributed by atoms with van der Waals surface area (Å²) in [7, 11) is 0. The second-order valence-electron chi connectivity index (χ2n) is 5.87. The van der Waals surface area contributed by atoms with E-state index in [1.165, 1.54) is 11.8 Å². The molecule has 2 aromatic heterocycles. The zero-order chi connectivity index (χ0) is 18.3. The minimum absolute atomic E-state index is 0.101. The normalized spacial score (nSPS) is 11.3. The summed E-state index contributed by atoms with van der Waals surface area (Å²) in [4.78, 5) is 13.2. The van der Waals surface area contributed by atoms with Crippen molar-refractivity contribution < 1.29 is 0 Å². The van der Waals surface area contributed by atoms with Gasteiger partial charge in [-0.1, -0.05) is 64.6 Å². The first-order valence-electron chi connectivity index (χ1n) is 7.99. The second-order valence-corrected chi connectivity index (χ2v) is 7.93. The Morgan fingerprint density at radius 1 is 1.15 bits per heavy atom. The Morgan fingerprint density at radius 3 is 2.65 bits per heavy atom. The number of fused-ring (bicyclic) bond motifs is 3. The highest BCUT2D eigenvalue weighted by molar-refractivity contribution is 9.11. The molecule has 0 atom stereocenters. The molecule has 130 valence electrons. The fraction of sp³-hybridized carbons (Fsp3) is 0.105. The SMILES string of the molecule is C=C(Br)CSc1nnc2n(-c3ccccc3C)c(=O)c3ccccc3n12. The zero-order valence-electron chi connectivity index (χ0n) is 14.0. The van der Waals surface area contributed by atoms with Gasteiger partial charge in [0.2, 0.25) is 5.78 Å². The van der Waals surface area contributed by atoms with Crippen LogP contribution in [0.2, 0.25) is 0 Å². The number of nitrogens with zero attached hydrogens (tertiary/aromatic N) is 4. The Hall–Kier alpha value is -2.38. The van der Waals surface area contributed by atoms with Crippen LogP contribution in [0.3, 0.4) is 0 Å². The van der Waals surface area contributed by atoms with Gasteiger partial charge in [0.1, 0.15) is 0 Å². The number of aromatic nitrogens is 4. The molecule has 2 heterocycles. The van der Waals surface area contributed by atoms with E-state index in [2.05, 4.69) is 32.7 Å². The summed E-state index contributed by atoms with van der Waals surface area (Å²) in [6, 6.07) is 15.3. The highest BCUT2D eigenvalue weighted by Crippen LogP contribution is 2.25. The molecule has 4 rings (SSSR count). The van der Waals surface area contributed by atoms with E-state index in [4.69, 9.17) is 0 Å². The van der Waals surface area contributed by atoms with Crippen LogP contribution in [0.4, 0.5) is 0 Å². The number of benzene rings is 2. The lowest BCUT2D eigenvalue weighted by Crippen LogP contribution is -2.22. The predicted octanol–water partition coefficient (Wildman–Crippen LogP) is 4.34. The predicted molar refractivity (Wildman–Crippen MR) is 110 cm³/mol. The molecule has 0 aliphatic rings. The largest absolute Gasteiger partial charge is 0.268 e.